The molecule has 0 saturated carbocycles. The first-order valence-electron chi connectivity index (χ1n) is 11.6. The van der Waals surface area contributed by atoms with Crippen LogP contribution >= 0.6 is 0 Å². The van der Waals surface area contributed by atoms with Crippen LogP contribution in [0.5, 0.6) is 0 Å². The predicted molar refractivity (Wildman–Crippen MR) is 128 cm³/mol. The van der Waals surface area contributed by atoms with Crippen LogP contribution in [0.4, 0.5) is 5.82 Å². The maximum absolute atomic E-state index is 13.1. The summed E-state index contributed by atoms with van der Waals surface area (Å²) in [5, 5.41) is 4.56. The van der Waals surface area contributed by atoms with Gasteiger partial charge in [-0.05, 0) is 43.5 Å². The van der Waals surface area contributed by atoms with E-state index in [0.29, 0.717) is 50.1 Å². The topological polar surface area (TPSA) is 93.5 Å². The number of anilines is 1. The van der Waals surface area contributed by atoms with Crippen molar-refractivity contribution in [2.75, 3.05) is 37.7 Å². The van der Waals surface area contributed by atoms with Gasteiger partial charge < -0.3 is 14.5 Å². The highest BCUT2D eigenvalue weighted by Crippen LogP contribution is 2.23. The van der Waals surface area contributed by atoms with E-state index in [0.717, 1.165) is 17.1 Å². The lowest BCUT2D eigenvalue weighted by Crippen LogP contribution is -2.49. The number of nitrogens with zero attached hydrogens (tertiary/aromatic N) is 6. The van der Waals surface area contributed by atoms with Crippen molar-refractivity contribution in [3.05, 3.63) is 65.4 Å². The quantitative estimate of drug-likeness (QED) is 0.519. The number of aryl methyl sites for hydroxylation is 1. The summed E-state index contributed by atoms with van der Waals surface area (Å²) in [6.45, 7) is 10.6. The molecule has 2 aromatic heterocycles. The van der Waals surface area contributed by atoms with Gasteiger partial charge in [-0.3, -0.25) is 4.79 Å². The highest BCUT2D eigenvalue weighted by Gasteiger charge is 2.26. The molecule has 1 aromatic carbocycles. The molecule has 34 heavy (non-hydrogen) atoms. The number of pyridine rings is 1. The Labute approximate surface area is 199 Å². The van der Waals surface area contributed by atoms with Crippen LogP contribution < -0.4 is 4.90 Å². The average Bonchev–Trinajstić information content (AvgIpc) is 3.25. The summed E-state index contributed by atoms with van der Waals surface area (Å²) in [5.74, 6) is 1.43. The molecule has 0 spiro atoms. The Morgan fingerprint density at radius 2 is 1.79 bits per heavy atom. The third-order valence-electron chi connectivity index (χ3n) is 5.90. The molecule has 0 radical (unpaired) electrons. The lowest BCUT2D eigenvalue weighted by atomic mass is 10.0. The zero-order chi connectivity index (χ0) is 24.2. The fourth-order valence-corrected chi connectivity index (χ4v) is 4.07. The molecule has 1 amide bonds. The third kappa shape index (κ3) is 4.78. The Bertz CT molecular complexity index is 1160. The number of rotatable bonds is 6. The first-order chi connectivity index (χ1) is 16.4. The second kappa shape index (κ2) is 10.0. The van der Waals surface area contributed by atoms with E-state index in [1.807, 2.05) is 31.2 Å². The van der Waals surface area contributed by atoms with Crippen molar-refractivity contribution in [1.82, 2.24) is 24.6 Å². The van der Waals surface area contributed by atoms with E-state index >= 15 is 0 Å². The fraction of sp³-hybridized carbons (Fsp3) is 0.400. The van der Waals surface area contributed by atoms with Crippen LogP contribution in [-0.2, 0) is 4.74 Å². The SMILES string of the molecule is CCOC(=O)c1ccc(N2CCN(C(=O)c3nc(C)n(-c4ccccc4C(C)C)n3)CC2)nc1. The number of carbonyl (C=O) groups excluding carboxylic acids is 2. The van der Waals surface area contributed by atoms with Gasteiger partial charge in [-0.25, -0.2) is 19.4 Å². The van der Waals surface area contributed by atoms with Crippen LogP contribution in [0.25, 0.3) is 5.69 Å². The van der Waals surface area contributed by atoms with E-state index in [1.165, 1.54) is 6.20 Å². The molecule has 9 heteroatoms. The number of aromatic nitrogens is 4. The second-order valence-electron chi connectivity index (χ2n) is 8.51. The summed E-state index contributed by atoms with van der Waals surface area (Å²) in [7, 11) is 0. The van der Waals surface area contributed by atoms with Crippen molar-refractivity contribution in [2.45, 2.75) is 33.6 Å². The predicted octanol–water partition coefficient (Wildman–Crippen LogP) is 3.23. The number of ether oxygens (including phenoxy) is 1. The molecule has 0 N–H and O–H groups in total. The summed E-state index contributed by atoms with van der Waals surface area (Å²) in [6, 6.07) is 11.6. The molecule has 3 aromatic rings. The molecule has 1 aliphatic rings. The molecule has 0 unspecified atom stereocenters. The summed E-state index contributed by atoms with van der Waals surface area (Å²) < 4.78 is 6.76. The van der Waals surface area contributed by atoms with Gasteiger partial charge >= 0.3 is 5.97 Å². The van der Waals surface area contributed by atoms with Gasteiger partial charge in [0, 0.05) is 32.4 Å². The Hall–Kier alpha value is -3.75. The normalized spacial score (nSPS) is 13.9. The molecule has 178 valence electrons. The van der Waals surface area contributed by atoms with Crippen LogP contribution in [0.15, 0.2) is 42.6 Å². The van der Waals surface area contributed by atoms with Gasteiger partial charge in [0.25, 0.3) is 5.91 Å². The van der Waals surface area contributed by atoms with Gasteiger partial charge in [-0.1, -0.05) is 32.0 Å². The van der Waals surface area contributed by atoms with E-state index in [-0.39, 0.29) is 17.7 Å². The summed E-state index contributed by atoms with van der Waals surface area (Å²) in [5.41, 5.74) is 2.53. The number of hydrogen-bond donors (Lipinski definition) is 0. The van der Waals surface area contributed by atoms with Gasteiger partial charge in [0.05, 0.1) is 17.9 Å². The largest absolute Gasteiger partial charge is 0.462 e. The van der Waals surface area contributed by atoms with Crippen molar-refractivity contribution in [2.24, 2.45) is 0 Å². The van der Waals surface area contributed by atoms with E-state index in [9.17, 15) is 9.59 Å². The van der Waals surface area contributed by atoms with Gasteiger partial charge in [-0.2, -0.15) is 0 Å². The molecule has 4 rings (SSSR count). The Morgan fingerprint density at radius 3 is 2.44 bits per heavy atom. The minimum Gasteiger partial charge on any atom is -0.462 e. The minimum absolute atomic E-state index is 0.172. The maximum atomic E-state index is 13.1. The summed E-state index contributed by atoms with van der Waals surface area (Å²) in [6.07, 6.45) is 1.53. The third-order valence-corrected chi connectivity index (χ3v) is 5.90. The monoisotopic (exact) mass is 462 g/mol. The number of benzene rings is 1. The van der Waals surface area contributed by atoms with Gasteiger partial charge in [0.1, 0.15) is 11.6 Å². The maximum Gasteiger partial charge on any atom is 0.339 e. The smallest absolute Gasteiger partial charge is 0.339 e. The number of hydrogen-bond acceptors (Lipinski definition) is 7. The molecule has 9 nitrogen and oxygen atoms in total. The molecule has 3 heterocycles. The van der Waals surface area contributed by atoms with Gasteiger partial charge in [0.2, 0.25) is 5.82 Å². The lowest BCUT2D eigenvalue weighted by molar-refractivity contribution is 0.0525. The van der Waals surface area contributed by atoms with Crippen LogP contribution in [-0.4, -0.2) is 69.3 Å². The minimum atomic E-state index is -0.379. The number of carbonyl (C=O) groups is 2. The molecule has 1 fully saturated rings. The molecule has 0 atom stereocenters. The summed E-state index contributed by atoms with van der Waals surface area (Å²) in [4.78, 5) is 37.7. The molecule has 1 aliphatic heterocycles. The van der Waals surface area contributed by atoms with Gasteiger partial charge in [0.15, 0.2) is 0 Å². The number of esters is 1. The van der Waals surface area contributed by atoms with E-state index < -0.39 is 0 Å². The first kappa shape index (κ1) is 23.4. The van der Waals surface area contributed by atoms with E-state index in [4.69, 9.17) is 4.74 Å². The standard InChI is InChI=1S/C25H30N6O3/c1-5-34-25(33)19-10-11-22(26-16-19)29-12-14-30(15-13-29)24(32)23-27-18(4)31(28-23)21-9-7-6-8-20(21)17(2)3/h6-11,16-17H,5,12-15H2,1-4H3. The van der Waals surface area contributed by atoms with E-state index in [2.05, 4.69) is 39.9 Å². The zero-order valence-corrected chi connectivity index (χ0v) is 20.1. The number of amides is 1. The average molecular weight is 463 g/mol. The fourth-order valence-electron chi connectivity index (χ4n) is 4.07. The van der Waals surface area contributed by atoms with E-state index in [1.54, 1.807) is 22.6 Å². The highest BCUT2D eigenvalue weighted by molar-refractivity contribution is 5.91. The van der Waals surface area contributed by atoms with Crippen LogP contribution in [0.2, 0.25) is 0 Å². The van der Waals surface area contributed by atoms with Crippen molar-refractivity contribution in [3.8, 4) is 5.69 Å². The van der Waals surface area contributed by atoms with Crippen molar-refractivity contribution < 1.29 is 14.3 Å². The van der Waals surface area contributed by atoms with Crippen molar-refractivity contribution >= 4 is 17.7 Å². The number of para-hydroxylation sites is 1. The molecule has 0 bridgehead atoms. The van der Waals surface area contributed by atoms with Crippen molar-refractivity contribution in [1.29, 1.82) is 0 Å². The summed E-state index contributed by atoms with van der Waals surface area (Å²) >= 11 is 0. The number of piperazine rings is 1. The van der Waals surface area contributed by atoms with Crippen LogP contribution in [0, 0.1) is 6.92 Å². The molecular formula is C25H30N6O3. The van der Waals surface area contributed by atoms with Gasteiger partial charge in [-0.15, -0.1) is 5.10 Å². The first-order valence-corrected chi connectivity index (χ1v) is 11.6. The Balaban J connectivity index is 1.43. The Morgan fingerprint density at radius 1 is 1.06 bits per heavy atom. The second-order valence-corrected chi connectivity index (χ2v) is 8.51. The molecular weight excluding hydrogens is 432 g/mol. The molecule has 1 saturated heterocycles. The van der Waals surface area contributed by atoms with Crippen LogP contribution in [0.3, 0.4) is 0 Å². The van der Waals surface area contributed by atoms with Crippen molar-refractivity contribution in [3.63, 3.8) is 0 Å². The highest BCUT2D eigenvalue weighted by atomic mass is 16.5. The zero-order valence-electron chi connectivity index (χ0n) is 20.1. The molecule has 0 aliphatic carbocycles. The Kier molecular flexibility index (Phi) is 6.90. The van der Waals surface area contributed by atoms with Crippen LogP contribution in [0.1, 0.15) is 59.1 Å². The lowest BCUT2D eigenvalue weighted by Gasteiger charge is -2.34.